The quantitative estimate of drug-likeness (QED) is 0.766. The molecule has 23 heavy (non-hydrogen) atoms. The molecule has 0 saturated heterocycles. The van der Waals surface area contributed by atoms with Gasteiger partial charge in [0.2, 0.25) is 0 Å². The Morgan fingerprint density at radius 3 is 2.52 bits per heavy atom. The van der Waals surface area contributed by atoms with Crippen LogP contribution < -0.4 is 21.4 Å². The summed E-state index contributed by atoms with van der Waals surface area (Å²) in [5, 5.41) is 8.19. The molecule has 0 radical (unpaired) electrons. The van der Waals surface area contributed by atoms with Gasteiger partial charge in [0.05, 0.1) is 16.3 Å². The number of halogens is 2. The van der Waals surface area contributed by atoms with Gasteiger partial charge in [0.25, 0.3) is 5.56 Å². The maximum Gasteiger partial charge on any atom is 0.280 e. The minimum Gasteiger partial charge on any atom is -0.361 e. The van der Waals surface area contributed by atoms with Crippen molar-refractivity contribution in [2.75, 3.05) is 5.32 Å². The molecule has 116 valence electrons. The molecule has 0 amide bonds. The van der Waals surface area contributed by atoms with Crippen molar-refractivity contribution in [3.05, 3.63) is 79.5 Å². The molecule has 1 heterocycles. The van der Waals surface area contributed by atoms with Crippen molar-refractivity contribution in [1.82, 2.24) is 9.78 Å². The van der Waals surface area contributed by atoms with E-state index >= 15 is 0 Å². The number of aromatic amines is 1. The Balaban J connectivity index is 2.01. The van der Waals surface area contributed by atoms with Gasteiger partial charge in [0, 0.05) is 21.9 Å². The van der Waals surface area contributed by atoms with Crippen LogP contribution in [0.15, 0.2) is 53.3 Å². The summed E-state index contributed by atoms with van der Waals surface area (Å²) >= 11 is 11.8. The molecule has 0 aliphatic heterocycles. The second-order valence-corrected chi connectivity index (χ2v) is 5.79. The molecule has 2 aromatic carbocycles. The molecule has 0 fully saturated rings. The van der Waals surface area contributed by atoms with E-state index in [4.69, 9.17) is 23.2 Å². The number of rotatable bonds is 3. The Morgan fingerprint density at radius 2 is 1.83 bits per heavy atom. The molecular formula is C17H13Cl2N3O. The fraction of sp³-hybridized carbons (Fsp3) is 0. The number of benzene rings is 2. The van der Waals surface area contributed by atoms with E-state index in [0.717, 1.165) is 5.69 Å². The number of hydrogen-bond acceptors (Lipinski definition) is 2. The third-order valence-corrected chi connectivity index (χ3v) is 3.79. The average molecular weight is 346 g/mol. The highest BCUT2D eigenvalue weighted by Crippen LogP contribution is 2.14. The zero-order chi connectivity index (χ0) is 16.4. The highest BCUT2D eigenvalue weighted by molar-refractivity contribution is 6.31. The lowest BCUT2D eigenvalue weighted by atomic mass is 10.3. The molecule has 3 aromatic rings. The van der Waals surface area contributed by atoms with Crippen LogP contribution in [0.3, 0.4) is 0 Å². The molecule has 2 N–H and O–H groups in total. The van der Waals surface area contributed by atoms with Gasteiger partial charge in [-0.25, -0.2) is 4.68 Å². The van der Waals surface area contributed by atoms with Crippen molar-refractivity contribution in [3.63, 3.8) is 0 Å². The van der Waals surface area contributed by atoms with Gasteiger partial charge in [0.1, 0.15) is 0 Å². The van der Waals surface area contributed by atoms with E-state index in [-0.39, 0.29) is 5.56 Å². The summed E-state index contributed by atoms with van der Waals surface area (Å²) in [5.74, 6) is 0. The van der Waals surface area contributed by atoms with Crippen LogP contribution in [0.5, 0.6) is 0 Å². The number of hydrogen-bond donors (Lipinski definition) is 2. The summed E-state index contributed by atoms with van der Waals surface area (Å²) in [7, 11) is 0. The number of nitrogens with one attached hydrogen (secondary N) is 2. The first-order valence-electron chi connectivity index (χ1n) is 6.83. The maximum atomic E-state index is 12.5. The van der Waals surface area contributed by atoms with E-state index in [9.17, 15) is 4.79 Å². The van der Waals surface area contributed by atoms with Crippen LogP contribution in [-0.4, -0.2) is 9.78 Å². The minimum atomic E-state index is -0.202. The zero-order valence-corrected chi connectivity index (χ0v) is 13.5. The van der Waals surface area contributed by atoms with Gasteiger partial charge in [-0.1, -0.05) is 35.8 Å². The minimum absolute atomic E-state index is 0.202. The summed E-state index contributed by atoms with van der Waals surface area (Å²) in [6, 6.07) is 14.2. The van der Waals surface area contributed by atoms with Gasteiger partial charge < -0.3 is 5.32 Å². The molecule has 1 aromatic heterocycles. The molecule has 3 rings (SSSR count). The Hall–Kier alpha value is -2.43. The summed E-state index contributed by atoms with van der Waals surface area (Å²) in [6.45, 7) is 3.88. The molecule has 0 aliphatic carbocycles. The van der Waals surface area contributed by atoms with Gasteiger partial charge in [-0.05, 0) is 42.5 Å². The Kier molecular flexibility index (Phi) is 4.28. The molecule has 6 heteroatoms. The lowest BCUT2D eigenvalue weighted by molar-refractivity contribution is 0.838. The third kappa shape index (κ3) is 3.33. The van der Waals surface area contributed by atoms with Crippen molar-refractivity contribution < 1.29 is 0 Å². The van der Waals surface area contributed by atoms with Gasteiger partial charge >= 0.3 is 0 Å². The predicted molar refractivity (Wildman–Crippen MR) is 95.7 cm³/mol. The molecule has 0 saturated carbocycles. The molecular weight excluding hydrogens is 333 g/mol. The van der Waals surface area contributed by atoms with E-state index in [1.165, 1.54) is 4.68 Å². The molecule has 0 unspecified atom stereocenters. The van der Waals surface area contributed by atoms with E-state index in [1.54, 1.807) is 42.6 Å². The summed E-state index contributed by atoms with van der Waals surface area (Å²) in [6.07, 6.45) is 1.61. The molecule has 0 bridgehead atoms. The zero-order valence-electron chi connectivity index (χ0n) is 12.0. The van der Waals surface area contributed by atoms with E-state index in [2.05, 4.69) is 17.0 Å². The van der Waals surface area contributed by atoms with Crippen molar-refractivity contribution in [3.8, 4) is 5.69 Å². The smallest absolute Gasteiger partial charge is 0.280 e. The topological polar surface area (TPSA) is 49.8 Å². The predicted octanol–water partition coefficient (Wildman–Crippen LogP) is 2.73. The van der Waals surface area contributed by atoms with Gasteiger partial charge in [-0.15, -0.1) is 0 Å². The van der Waals surface area contributed by atoms with Crippen LogP contribution in [-0.2, 0) is 0 Å². The normalized spacial score (nSPS) is 11.7. The summed E-state index contributed by atoms with van der Waals surface area (Å²) in [5.41, 5.74) is 1.27. The third-order valence-electron chi connectivity index (χ3n) is 3.30. The maximum absolute atomic E-state index is 12.5. The fourth-order valence-corrected chi connectivity index (χ4v) is 2.47. The number of aromatic nitrogens is 2. The van der Waals surface area contributed by atoms with Crippen LogP contribution in [0.25, 0.3) is 18.5 Å². The van der Waals surface area contributed by atoms with Crippen molar-refractivity contribution in [1.29, 1.82) is 0 Å². The van der Waals surface area contributed by atoms with Crippen LogP contribution in [0.2, 0.25) is 10.0 Å². The molecule has 0 aliphatic rings. The largest absolute Gasteiger partial charge is 0.361 e. The average Bonchev–Trinajstić information content (AvgIpc) is 2.81. The molecule has 0 spiro atoms. The first-order valence-corrected chi connectivity index (χ1v) is 7.58. The monoisotopic (exact) mass is 345 g/mol. The molecule has 0 atom stereocenters. The Bertz CT molecular complexity index is 1000. The number of H-pyrrole nitrogens is 1. The van der Waals surface area contributed by atoms with Crippen LogP contribution in [0.4, 0.5) is 5.69 Å². The number of anilines is 1. The lowest BCUT2D eigenvalue weighted by Crippen LogP contribution is -2.34. The molecule has 4 nitrogen and oxygen atoms in total. The van der Waals surface area contributed by atoms with Crippen molar-refractivity contribution in [2.24, 2.45) is 0 Å². The lowest BCUT2D eigenvalue weighted by Gasteiger charge is -2.00. The standard InChI is InChI=1S/C17H13Cl2N3O/c1-11-16(10-20-14-4-2-3-13(19)9-14)17(23)22(21-11)15-7-5-12(18)6-8-15/h2-10,20-21H,1H2. The van der Waals surface area contributed by atoms with Gasteiger partial charge in [-0.3, -0.25) is 9.89 Å². The number of nitrogens with zero attached hydrogens (tertiary/aromatic N) is 1. The van der Waals surface area contributed by atoms with Gasteiger partial charge in [0.15, 0.2) is 0 Å². The Morgan fingerprint density at radius 1 is 1.09 bits per heavy atom. The highest BCUT2D eigenvalue weighted by Gasteiger charge is 2.04. The first kappa shape index (κ1) is 15.5. The Labute approximate surface area is 142 Å². The highest BCUT2D eigenvalue weighted by atomic mass is 35.5. The van der Waals surface area contributed by atoms with Crippen LogP contribution >= 0.6 is 23.2 Å². The van der Waals surface area contributed by atoms with Crippen LogP contribution in [0.1, 0.15) is 0 Å². The SMILES string of the molecule is C=c1[nH]n(-c2ccc(Cl)cc2)c(=O)c1=CNc1cccc(Cl)c1. The fourth-order valence-electron chi connectivity index (χ4n) is 2.15. The second kappa shape index (κ2) is 6.36. The summed E-state index contributed by atoms with van der Waals surface area (Å²) < 4.78 is 1.42. The van der Waals surface area contributed by atoms with Crippen LogP contribution in [0, 0.1) is 0 Å². The first-order chi connectivity index (χ1) is 11.0. The van der Waals surface area contributed by atoms with Crippen molar-refractivity contribution in [2.45, 2.75) is 0 Å². The van der Waals surface area contributed by atoms with Crippen molar-refractivity contribution >= 4 is 41.7 Å². The summed E-state index contributed by atoms with van der Waals surface area (Å²) in [4.78, 5) is 12.5. The van der Waals surface area contributed by atoms with E-state index in [1.807, 2.05) is 12.1 Å². The second-order valence-electron chi connectivity index (χ2n) is 4.92. The van der Waals surface area contributed by atoms with Gasteiger partial charge in [-0.2, -0.15) is 0 Å². The van der Waals surface area contributed by atoms with E-state index in [0.29, 0.717) is 26.3 Å². The van der Waals surface area contributed by atoms with E-state index < -0.39 is 0 Å².